The Hall–Kier alpha value is -1.32. The smallest absolute Gasteiger partial charge is 0.356 e. The maximum Gasteiger partial charge on any atom is 0.356 e. The summed E-state index contributed by atoms with van der Waals surface area (Å²) < 4.78 is 0. The zero-order valence-corrected chi connectivity index (χ0v) is 10.0. The predicted molar refractivity (Wildman–Crippen MR) is 60.5 cm³/mol. The average molecular weight is 222 g/mol. The fourth-order valence-corrected chi connectivity index (χ4v) is 2.41. The van der Waals surface area contributed by atoms with Gasteiger partial charge in [-0.2, -0.15) is 5.10 Å². The Labute approximate surface area is 95.1 Å². The Balaban J connectivity index is 2.31. The molecule has 1 aromatic heterocycles. The predicted octanol–water partition coefficient (Wildman–Crippen LogP) is 2.26. The van der Waals surface area contributed by atoms with E-state index < -0.39 is 5.97 Å². The van der Waals surface area contributed by atoms with Crippen molar-refractivity contribution in [3.63, 3.8) is 0 Å². The topological polar surface area (TPSA) is 66.0 Å². The zero-order valence-electron chi connectivity index (χ0n) is 10.0. The molecular formula is C12H18N2O2. The second-order valence-corrected chi connectivity index (χ2v) is 5.64. The van der Waals surface area contributed by atoms with Crippen LogP contribution in [0.5, 0.6) is 0 Å². The molecule has 2 N–H and O–H groups in total. The highest BCUT2D eigenvalue weighted by atomic mass is 16.4. The van der Waals surface area contributed by atoms with E-state index >= 15 is 0 Å². The Kier molecular flexibility index (Phi) is 2.52. The van der Waals surface area contributed by atoms with Crippen LogP contribution in [0.4, 0.5) is 0 Å². The number of nitrogens with one attached hydrogen (secondary N) is 1. The molecule has 0 aromatic carbocycles. The highest BCUT2D eigenvalue weighted by Crippen LogP contribution is 2.37. The number of hydrogen-bond acceptors (Lipinski definition) is 2. The van der Waals surface area contributed by atoms with Gasteiger partial charge in [0, 0.05) is 11.3 Å². The first kappa shape index (κ1) is 11.2. The lowest BCUT2D eigenvalue weighted by Crippen LogP contribution is -2.27. The van der Waals surface area contributed by atoms with Gasteiger partial charge < -0.3 is 5.11 Å². The van der Waals surface area contributed by atoms with E-state index in [2.05, 4.69) is 31.0 Å². The molecule has 1 heterocycles. The van der Waals surface area contributed by atoms with Crippen LogP contribution in [0.2, 0.25) is 0 Å². The molecule has 0 fully saturated rings. The van der Waals surface area contributed by atoms with Gasteiger partial charge in [0.1, 0.15) is 0 Å². The van der Waals surface area contributed by atoms with Crippen molar-refractivity contribution in [3.8, 4) is 0 Å². The van der Waals surface area contributed by atoms with E-state index in [-0.39, 0.29) is 11.1 Å². The summed E-state index contributed by atoms with van der Waals surface area (Å²) >= 11 is 0. The summed E-state index contributed by atoms with van der Waals surface area (Å²) in [5.41, 5.74) is 2.37. The number of rotatable bonds is 1. The van der Waals surface area contributed by atoms with Crippen molar-refractivity contribution in [2.75, 3.05) is 0 Å². The molecule has 1 aliphatic carbocycles. The first-order chi connectivity index (χ1) is 7.39. The monoisotopic (exact) mass is 222 g/mol. The Morgan fingerprint density at radius 3 is 2.75 bits per heavy atom. The summed E-state index contributed by atoms with van der Waals surface area (Å²) in [6, 6.07) is 0. The molecule has 0 unspecified atom stereocenters. The number of aromatic carboxylic acids is 1. The number of H-pyrrole nitrogens is 1. The van der Waals surface area contributed by atoms with Gasteiger partial charge in [-0.25, -0.2) is 4.79 Å². The minimum atomic E-state index is -0.924. The van der Waals surface area contributed by atoms with Crippen LogP contribution in [-0.4, -0.2) is 21.3 Å². The molecule has 88 valence electrons. The van der Waals surface area contributed by atoms with Gasteiger partial charge in [-0.3, -0.25) is 5.10 Å². The summed E-state index contributed by atoms with van der Waals surface area (Å²) in [4.78, 5) is 11.0. The SMILES string of the molecule is CC(C)(C)[C@@H]1CCc2[nH]nc(C(=O)O)c2C1. The van der Waals surface area contributed by atoms with Crippen LogP contribution in [0.3, 0.4) is 0 Å². The molecule has 2 rings (SSSR count). The molecule has 0 aliphatic heterocycles. The van der Waals surface area contributed by atoms with E-state index in [9.17, 15) is 4.79 Å². The fourth-order valence-electron chi connectivity index (χ4n) is 2.41. The number of carboxylic acid groups (broad SMARTS) is 1. The van der Waals surface area contributed by atoms with Gasteiger partial charge in [0.2, 0.25) is 0 Å². The van der Waals surface area contributed by atoms with E-state index in [4.69, 9.17) is 5.11 Å². The van der Waals surface area contributed by atoms with Crippen LogP contribution in [0.1, 0.15) is 48.9 Å². The van der Waals surface area contributed by atoms with Crippen molar-refractivity contribution in [2.24, 2.45) is 11.3 Å². The number of nitrogens with zero attached hydrogens (tertiary/aromatic N) is 1. The Morgan fingerprint density at radius 2 is 2.19 bits per heavy atom. The van der Waals surface area contributed by atoms with Crippen molar-refractivity contribution >= 4 is 5.97 Å². The molecular weight excluding hydrogens is 204 g/mol. The molecule has 0 bridgehead atoms. The second kappa shape index (κ2) is 3.61. The molecule has 16 heavy (non-hydrogen) atoms. The van der Waals surface area contributed by atoms with E-state index in [1.807, 2.05) is 0 Å². The number of aryl methyl sites for hydroxylation is 1. The molecule has 0 radical (unpaired) electrons. The van der Waals surface area contributed by atoms with E-state index in [1.54, 1.807) is 0 Å². The quantitative estimate of drug-likeness (QED) is 0.766. The van der Waals surface area contributed by atoms with Crippen LogP contribution in [-0.2, 0) is 12.8 Å². The molecule has 1 aliphatic rings. The molecule has 1 atom stereocenters. The number of aromatic amines is 1. The first-order valence-electron chi connectivity index (χ1n) is 5.69. The standard InChI is InChI=1S/C12H18N2O2/c1-12(2,3)7-4-5-9-8(6-7)10(11(15)16)14-13-9/h7H,4-6H2,1-3H3,(H,13,14)(H,15,16)/t7-/m1/s1. The van der Waals surface area contributed by atoms with Crippen molar-refractivity contribution < 1.29 is 9.90 Å². The number of carboxylic acids is 1. The van der Waals surface area contributed by atoms with Crippen molar-refractivity contribution in [2.45, 2.75) is 40.0 Å². The van der Waals surface area contributed by atoms with Gasteiger partial charge in [-0.05, 0) is 30.6 Å². The van der Waals surface area contributed by atoms with E-state index in [1.165, 1.54) is 0 Å². The van der Waals surface area contributed by atoms with Crippen LogP contribution >= 0.6 is 0 Å². The minimum absolute atomic E-state index is 0.212. The summed E-state index contributed by atoms with van der Waals surface area (Å²) in [7, 11) is 0. The molecule has 0 saturated carbocycles. The van der Waals surface area contributed by atoms with E-state index in [0.717, 1.165) is 30.5 Å². The third-order valence-corrected chi connectivity index (χ3v) is 3.57. The van der Waals surface area contributed by atoms with Crippen LogP contribution in [0.25, 0.3) is 0 Å². The van der Waals surface area contributed by atoms with Gasteiger partial charge in [-0.15, -0.1) is 0 Å². The zero-order chi connectivity index (χ0) is 11.9. The van der Waals surface area contributed by atoms with Gasteiger partial charge in [0.05, 0.1) is 0 Å². The normalized spacial score (nSPS) is 20.6. The molecule has 4 heteroatoms. The number of aromatic nitrogens is 2. The lowest BCUT2D eigenvalue weighted by Gasteiger charge is -2.33. The summed E-state index contributed by atoms with van der Waals surface area (Å²) in [5.74, 6) is -0.386. The van der Waals surface area contributed by atoms with Crippen molar-refractivity contribution in [3.05, 3.63) is 17.0 Å². The number of carbonyl (C=O) groups is 1. The lowest BCUT2D eigenvalue weighted by molar-refractivity contribution is 0.0688. The summed E-state index contributed by atoms with van der Waals surface area (Å²) in [5, 5.41) is 15.8. The maximum atomic E-state index is 11.0. The number of hydrogen-bond donors (Lipinski definition) is 2. The van der Waals surface area contributed by atoms with Crippen LogP contribution in [0, 0.1) is 11.3 Å². The van der Waals surface area contributed by atoms with E-state index in [0.29, 0.717) is 5.92 Å². The van der Waals surface area contributed by atoms with Crippen molar-refractivity contribution in [1.82, 2.24) is 10.2 Å². The average Bonchev–Trinajstić information content (AvgIpc) is 2.58. The third-order valence-electron chi connectivity index (χ3n) is 3.57. The molecule has 4 nitrogen and oxygen atoms in total. The third kappa shape index (κ3) is 1.84. The maximum absolute atomic E-state index is 11.0. The highest BCUT2D eigenvalue weighted by Gasteiger charge is 2.32. The summed E-state index contributed by atoms with van der Waals surface area (Å²) in [6.07, 6.45) is 2.85. The van der Waals surface area contributed by atoms with Gasteiger partial charge in [-0.1, -0.05) is 20.8 Å². The Morgan fingerprint density at radius 1 is 1.50 bits per heavy atom. The van der Waals surface area contributed by atoms with Crippen LogP contribution in [0.15, 0.2) is 0 Å². The van der Waals surface area contributed by atoms with Crippen LogP contribution < -0.4 is 0 Å². The fraction of sp³-hybridized carbons (Fsp3) is 0.667. The molecule has 0 spiro atoms. The van der Waals surface area contributed by atoms with Gasteiger partial charge >= 0.3 is 5.97 Å². The Bertz CT molecular complexity index is 415. The molecule has 1 aromatic rings. The van der Waals surface area contributed by atoms with Gasteiger partial charge in [0.15, 0.2) is 5.69 Å². The largest absolute Gasteiger partial charge is 0.476 e. The van der Waals surface area contributed by atoms with Gasteiger partial charge in [0.25, 0.3) is 0 Å². The first-order valence-corrected chi connectivity index (χ1v) is 5.69. The molecule has 0 amide bonds. The summed E-state index contributed by atoms with van der Waals surface area (Å²) in [6.45, 7) is 6.63. The van der Waals surface area contributed by atoms with Crippen molar-refractivity contribution in [1.29, 1.82) is 0 Å². The molecule has 0 saturated heterocycles. The lowest BCUT2D eigenvalue weighted by atomic mass is 9.71. The highest BCUT2D eigenvalue weighted by molar-refractivity contribution is 5.87. The second-order valence-electron chi connectivity index (χ2n) is 5.64. The number of fused-ring (bicyclic) bond motifs is 1. The minimum Gasteiger partial charge on any atom is -0.476 e.